The van der Waals surface area contributed by atoms with Gasteiger partial charge in [-0.15, -0.1) is 0 Å². The molecule has 170 valence electrons. The van der Waals surface area contributed by atoms with Gasteiger partial charge in [-0.3, -0.25) is 5.32 Å². The summed E-state index contributed by atoms with van der Waals surface area (Å²) < 4.78 is 10.8. The smallest absolute Gasteiger partial charge is 0.411 e. The first kappa shape index (κ1) is 21.7. The molecule has 31 heavy (non-hydrogen) atoms. The molecule has 1 aromatic rings. The zero-order valence-electron chi connectivity index (χ0n) is 18.2. The zero-order valence-corrected chi connectivity index (χ0v) is 18.2. The zero-order chi connectivity index (χ0) is 22.0. The number of pyridine rings is 1. The number of aryl methyl sites for hydroxylation is 1. The van der Waals surface area contributed by atoms with Crippen molar-refractivity contribution in [3.63, 3.8) is 0 Å². The number of piperidine rings is 2. The number of carbonyl (C=O) groups excluding carboxylic acids is 2. The third kappa shape index (κ3) is 4.87. The highest BCUT2D eigenvalue weighted by atomic mass is 16.6. The SMILES string of the molecule is CCOC(=O)Nc1cnc(N2CCCC(OC(=O)N3C4CCC3CC(O)C4)C2)c(C)c1. The minimum atomic E-state index is -0.499. The monoisotopic (exact) mass is 432 g/mol. The molecule has 2 N–H and O–H groups in total. The van der Waals surface area contributed by atoms with Crippen molar-refractivity contribution >= 4 is 23.7 Å². The molecule has 3 aliphatic heterocycles. The molecule has 4 rings (SSSR count). The van der Waals surface area contributed by atoms with Crippen LogP contribution in [0.1, 0.15) is 51.0 Å². The van der Waals surface area contributed by atoms with Gasteiger partial charge in [0.15, 0.2) is 0 Å². The molecule has 3 saturated heterocycles. The van der Waals surface area contributed by atoms with Crippen LogP contribution in [0.15, 0.2) is 12.3 Å². The summed E-state index contributed by atoms with van der Waals surface area (Å²) in [5, 5.41) is 12.6. The van der Waals surface area contributed by atoms with Crippen molar-refractivity contribution in [2.75, 3.05) is 29.9 Å². The van der Waals surface area contributed by atoms with E-state index in [9.17, 15) is 14.7 Å². The molecule has 0 aromatic carbocycles. The van der Waals surface area contributed by atoms with Crippen molar-refractivity contribution in [2.24, 2.45) is 0 Å². The van der Waals surface area contributed by atoms with Gasteiger partial charge in [0, 0.05) is 18.6 Å². The van der Waals surface area contributed by atoms with E-state index in [0.717, 1.165) is 43.6 Å². The Morgan fingerprint density at radius 3 is 2.68 bits per heavy atom. The summed E-state index contributed by atoms with van der Waals surface area (Å²) in [6.45, 7) is 5.45. The topological polar surface area (TPSA) is 104 Å². The number of aliphatic hydroxyl groups excluding tert-OH is 1. The average Bonchev–Trinajstić information content (AvgIpc) is 3.00. The van der Waals surface area contributed by atoms with Crippen LogP contribution in [0.5, 0.6) is 0 Å². The van der Waals surface area contributed by atoms with Crippen molar-refractivity contribution in [3.8, 4) is 0 Å². The van der Waals surface area contributed by atoms with Gasteiger partial charge < -0.3 is 24.4 Å². The molecule has 0 saturated carbocycles. The van der Waals surface area contributed by atoms with Gasteiger partial charge in [0.25, 0.3) is 0 Å². The number of nitrogens with one attached hydrogen (secondary N) is 1. The summed E-state index contributed by atoms with van der Waals surface area (Å²) >= 11 is 0. The van der Waals surface area contributed by atoms with E-state index in [2.05, 4.69) is 15.2 Å². The molecule has 2 amide bonds. The van der Waals surface area contributed by atoms with Crippen LogP contribution >= 0.6 is 0 Å². The fourth-order valence-corrected chi connectivity index (χ4v) is 5.13. The highest BCUT2D eigenvalue weighted by molar-refractivity contribution is 5.84. The molecular weight excluding hydrogens is 400 g/mol. The fourth-order valence-electron chi connectivity index (χ4n) is 5.13. The lowest BCUT2D eigenvalue weighted by Crippen LogP contribution is -2.50. The van der Waals surface area contributed by atoms with E-state index in [0.29, 0.717) is 31.7 Å². The standard InChI is InChI=1S/C22H32N4O5/c1-3-30-21(28)24-15-9-14(2)20(23-12-15)25-8-4-5-19(13-25)31-22(29)26-16-6-7-17(26)11-18(27)10-16/h9,12,16-19,27H,3-8,10-11,13H2,1-2H3,(H,24,28). The maximum absolute atomic E-state index is 12.9. The van der Waals surface area contributed by atoms with E-state index < -0.39 is 6.09 Å². The maximum Gasteiger partial charge on any atom is 0.411 e. The second-order valence-corrected chi connectivity index (χ2v) is 8.72. The molecule has 0 radical (unpaired) electrons. The molecule has 4 heterocycles. The van der Waals surface area contributed by atoms with Crippen molar-refractivity contribution in [3.05, 3.63) is 17.8 Å². The van der Waals surface area contributed by atoms with Gasteiger partial charge >= 0.3 is 12.2 Å². The van der Waals surface area contributed by atoms with Gasteiger partial charge in [-0.1, -0.05) is 0 Å². The molecule has 1 aromatic heterocycles. The number of amides is 2. The first-order valence-corrected chi connectivity index (χ1v) is 11.3. The van der Waals surface area contributed by atoms with Crippen molar-refractivity contribution in [1.82, 2.24) is 9.88 Å². The molecule has 2 bridgehead atoms. The number of fused-ring (bicyclic) bond motifs is 2. The highest BCUT2D eigenvalue weighted by Crippen LogP contribution is 2.36. The van der Waals surface area contributed by atoms with E-state index in [1.807, 2.05) is 17.9 Å². The Balaban J connectivity index is 1.36. The number of aliphatic hydroxyl groups is 1. The summed E-state index contributed by atoms with van der Waals surface area (Å²) in [5.41, 5.74) is 1.52. The fraction of sp³-hybridized carbons (Fsp3) is 0.682. The number of ether oxygens (including phenoxy) is 2. The number of anilines is 2. The lowest BCUT2D eigenvalue weighted by atomic mass is 10.0. The molecule has 3 atom stereocenters. The lowest BCUT2D eigenvalue weighted by molar-refractivity contribution is 0.00637. The third-order valence-corrected chi connectivity index (χ3v) is 6.44. The summed E-state index contributed by atoms with van der Waals surface area (Å²) in [6, 6.07) is 2.07. The number of aromatic nitrogens is 1. The molecule has 9 heteroatoms. The molecule has 3 fully saturated rings. The van der Waals surface area contributed by atoms with E-state index >= 15 is 0 Å². The van der Waals surface area contributed by atoms with Crippen LogP contribution in [0.25, 0.3) is 0 Å². The predicted octanol–water partition coefficient (Wildman–Crippen LogP) is 3.05. The predicted molar refractivity (Wildman–Crippen MR) is 115 cm³/mol. The summed E-state index contributed by atoms with van der Waals surface area (Å²) in [7, 11) is 0. The lowest BCUT2D eigenvalue weighted by Gasteiger charge is -2.39. The quantitative estimate of drug-likeness (QED) is 0.753. The Kier molecular flexibility index (Phi) is 6.50. The second kappa shape index (κ2) is 9.30. The third-order valence-electron chi connectivity index (χ3n) is 6.44. The van der Waals surface area contributed by atoms with Crippen molar-refractivity contribution < 1.29 is 24.2 Å². The van der Waals surface area contributed by atoms with Gasteiger partial charge in [-0.25, -0.2) is 14.6 Å². The number of hydrogen-bond donors (Lipinski definition) is 2. The Morgan fingerprint density at radius 1 is 1.26 bits per heavy atom. The van der Waals surface area contributed by atoms with Crippen LogP contribution in [0.3, 0.4) is 0 Å². The molecule has 3 unspecified atom stereocenters. The minimum Gasteiger partial charge on any atom is -0.450 e. The summed E-state index contributed by atoms with van der Waals surface area (Å²) in [4.78, 5) is 33.0. The molecule has 3 aliphatic rings. The Morgan fingerprint density at radius 2 is 2.00 bits per heavy atom. The molecule has 0 spiro atoms. The normalized spacial score (nSPS) is 27.7. The van der Waals surface area contributed by atoms with Crippen LogP contribution in [-0.4, -0.2) is 71.2 Å². The van der Waals surface area contributed by atoms with E-state index in [-0.39, 0.29) is 30.4 Å². The number of carbonyl (C=O) groups is 2. The summed E-state index contributed by atoms with van der Waals surface area (Å²) in [6.07, 6.45) is 5.31. The van der Waals surface area contributed by atoms with Gasteiger partial charge in [-0.05, 0) is 64.0 Å². The molecule has 9 nitrogen and oxygen atoms in total. The van der Waals surface area contributed by atoms with Gasteiger partial charge in [0.05, 0.1) is 31.1 Å². The van der Waals surface area contributed by atoms with Gasteiger partial charge in [0.1, 0.15) is 11.9 Å². The van der Waals surface area contributed by atoms with Crippen LogP contribution in [0.2, 0.25) is 0 Å². The number of nitrogens with zero attached hydrogens (tertiary/aromatic N) is 3. The van der Waals surface area contributed by atoms with Crippen molar-refractivity contribution in [1.29, 1.82) is 0 Å². The summed E-state index contributed by atoms with van der Waals surface area (Å²) in [5.74, 6) is 0.830. The van der Waals surface area contributed by atoms with E-state index in [1.165, 1.54) is 0 Å². The van der Waals surface area contributed by atoms with Crippen LogP contribution in [0.4, 0.5) is 21.1 Å². The number of rotatable bonds is 4. The maximum atomic E-state index is 12.9. The van der Waals surface area contributed by atoms with Crippen LogP contribution in [-0.2, 0) is 9.47 Å². The second-order valence-electron chi connectivity index (χ2n) is 8.72. The van der Waals surface area contributed by atoms with Gasteiger partial charge in [-0.2, -0.15) is 0 Å². The largest absolute Gasteiger partial charge is 0.450 e. The van der Waals surface area contributed by atoms with Crippen LogP contribution < -0.4 is 10.2 Å². The Hall–Kier alpha value is -2.55. The Labute approximate surface area is 182 Å². The van der Waals surface area contributed by atoms with Crippen LogP contribution in [0, 0.1) is 6.92 Å². The minimum absolute atomic E-state index is 0.101. The van der Waals surface area contributed by atoms with Gasteiger partial charge in [0.2, 0.25) is 0 Å². The first-order valence-electron chi connectivity index (χ1n) is 11.3. The highest BCUT2D eigenvalue weighted by Gasteiger charge is 2.44. The van der Waals surface area contributed by atoms with E-state index in [4.69, 9.17) is 9.47 Å². The number of hydrogen-bond acceptors (Lipinski definition) is 7. The van der Waals surface area contributed by atoms with Crippen molar-refractivity contribution in [2.45, 2.75) is 76.7 Å². The average molecular weight is 433 g/mol. The van der Waals surface area contributed by atoms with E-state index in [1.54, 1.807) is 13.1 Å². The first-order chi connectivity index (χ1) is 14.9. The molecular formula is C22H32N4O5. The molecule has 0 aliphatic carbocycles. The Bertz CT molecular complexity index is 805.